The van der Waals surface area contributed by atoms with E-state index in [1.165, 1.54) is 23.1 Å². The number of thiophene rings is 1. The smallest absolute Gasteiger partial charge is 0.263 e. The summed E-state index contributed by atoms with van der Waals surface area (Å²) in [5.74, 6) is 0.577. The van der Waals surface area contributed by atoms with Gasteiger partial charge in [0.15, 0.2) is 5.16 Å². The lowest BCUT2D eigenvalue weighted by atomic mass is 10.1. The van der Waals surface area contributed by atoms with E-state index in [9.17, 15) is 9.59 Å². The zero-order chi connectivity index (χ0) is 22.8. The Morgan fingerprint density at radius 2 is 2.03 bits per heavy atom. The van der Waals surface area contributed by atoms with Crippen molar-refractivity contribution in [2.75, 3.05) is 11.1 Å². The van der Waals surface area contributed by atoms with Crippen LogP contribution in [0.5, 0.6) is 0 Å². The molecule has 0 aliphatic rings. The maximum Gasteiger partial charge on any atom is 0.263 e. The summed E-state index contributed by atoms with van der Waals surface area (Å²) in [6.07, 6.45) is 3.22. The zero-order valence-corrected chi connectivity index (χ0v) is 19.1. The molecule has 0 aliphatic heterocycles. The van der Waals surface area contributed by atoms with E-state index in [0.717, 1.165) is 22.0 Å². The molecular formula is C25H19N3O3S2. The summed E-state index contributed by atoms with van der Waals surface area (Å²) in [6, 6.07) is 17.3. The Hall–Kier alpha value is -3.62. The van der Waals surface area contributed by atoms with Crippen molar-refractivity contribution in [3.05, 3.63) is 89.2 Å². The first-order chi connectivity index (χ1) is 16.2. The number of benzene rings is 2. The van der Waals surface area contributed by atoms with Crippen LogP contribution in [0.1, 0.15) is 0 Å². The average molecular weight is 474 g/mol. The molecule has 3 aromatic heterocycles. The standard InChI is InChI=1S/C25H19N3O3S2/c1-2-12-28-24(30)22-18(20-11-6-13-31-20)14-32-23(22)27-25(28)33-15-21(29)26-19-10-5-8-16-7-3-4-9-17(16)19/h2-11,13-14H,1,12,15H2,(H,26,29). The number of nitrogens with zero attached hydrogens (tertiary/aromatic N) is 2. The van der Waals surface area contributed by atoms with E-state index in [1.807, 2.05) is 53.9 Å². The second kappa shape index (κ2) is 9.09. The molecule has 0 atom stereocenters. The van der Waals surface area contributed by atoms with Crippen LogP contribution in [-0.2, 0) is 11.3 Å². The van der Waals surface area contributed by atoms with Gasteiger partial charge in [0.05, 0.1) is 17.4 Å². The van der Waals surface area contributed by atoms with Crippen LogP contribution in [0.25, 0.3) is 32.3 Å². The number of carbonyl (C=O) groups is 1. The third kappa shape index (κ3) is 4.10. The minimum Gasteiger partial charge on any atom is -0.464 e. The van der Waals surface area contributed by atoms with Gasteiger partial charge in [-0.1, -0.05) is 54.2 Å². The molecule has 0 fully saturated rings. The lowest BCUT2D eigenvalue weighted by Gasteiger charge is -2.11. The van der Waals surface area contributed by atoms with Gasteiger partial charge in [-0.2, -0.15) is 0 Å². The molecule has 5 rings (SSSR count). The summed E-state index contributed by atoms with van der Waals surface area (Å²) in [6.45, 7) is 4.06. The summed E-state index contributed by atoms with van der Waals surface area (Å²) < 4.78 is 7.04. The lowest BCUT2D eigenvalue weighted by molar-refractivity contribution is -0.113. The Bertz CT molecular complexity index is 1530. The van der Waals surface area contributed by atoms with Crippen molar-refractivity contribution in [2.24, 2.45) is 0 Å². The molecule has 0 radical (unpaired) electrons. The quantitative estimate of drug-likeness (QED) is 0.184. The van der Waals surface area contributed by atoms with Crippen LogP contribution in [0.3, 0.4) is 0 Å². The van der Waals surface area contributed by atoms with Crippen molar-refractivity contribution >= 4 is 55.7 Å². The first-order valence-electron chi connectivity index (χ1n) is 10.2. The fourth-order valence-electron chi connectivity index (χ4n) is 3.67. The summed E-state index contributed by atoms with van der Waals surface area (Å²) in [5.41, 5.74) is 1.30. The fourth-order valence-corrected chi connectivity index (χ4v) is 5.45. The van der Waals surface area contributed by atoms with E-state index in [-0.39, 0.29) is 17.2 Å². The van der Waals surface area contributed by atoms with Crippen molar-refractivity contribution in [3.63, 3.8) is 0 Å². The number of hydrogen-bond donors (Lipinski definition) is 1. The molecule has 6 nitrogen and oxygen atoms in total. The third-order valence-corrected chi connectivity index (χ3v) is 7.00. The van der Waals surface area contributed by atoms with Crippen molar-refractivity contribution in [1.29, 1.82) is 0 Å². The van der Waals surface area contributed by atoms with Crippen LogP contribution in [0.4, 0.5) is 5.69 Å². The van der Waals surface area contributed by atoms with E-state index < -0.39 is 0 Å². The molecule has 0 unspecified atom stereocenters. The van der Waals surface area contributed by atoms with Gasteiger partial charge in [0.2, 0.25) is 5.91 Å². The van der Waals surface area contributed by atoms with Crippen molar-refractivity contribution in [3.8, 4) is 11.3 Å². The molecule has 0 spiro atoms. The first-order valence-corrected chi connectivity index (χ1v) is 12.1. The largest absolute Gasteiger partial charge is 0.464 e. The molecule has 0 bridgehead atoms. The number of fused-ring (bicyclic) bond motifs is 2. The highest BCUT2D eigenvalue weighted by Crippen LogP contribution is 2.32. The molecule has 2 aromatic carbocycles. The summed E-state index contributed by atoms with van der Waals surface area (Å²) in [7, 11) is 0. The van der Waals surface area contributed by atoms with Crippen molar-refractivity contribution in [1.82, 2.24) is 9.55 Å². The molecule has 0 aliphatic carbocycles. The van der Waals surface area contributed by atoms with Crippen LogP contribution < -0.4 is 10.9 Å². The Morgan fingerprint density at radius 3 is 2.85 bits per heavy atom. The number of furan rings is 1. The van der Waals surface area contributed by atoms with Gasteiger partial charge in [-0.15, -0.1) is 17.9 Å². The Morgan fingerprint density at radius 1 is 1.18 bits per heavy atom. The Labute approximate surface area is 197 Å². The van der Waals surface area contributed by atoms with Crippen LogP contribution in [0.15, 0.2) is 93.3 Å². The second-order valence-corrected chi connectivity index (χ2v) is 9.07. The molecule has 1 amide bonds. The van der Waals surface area contributed by atoms with E-state index in [1.54, 1.807) is 23.0 Å². The predicted molar refractivity (Wildman–Crippen MR) is 135 cm³/mol. The normalized spacial score (nSPS) is 11.2. The van der Waals surface area contributed by atoms with Gasteiger partial charge < -0.3 is 9.73 Å². The maximum atomic E-state index is 13.3. The van der Waals surface area contributed by atoms with E-state index in [2.05, 4.69) is 16.9 Å². The number of thioether (sulfide) groups is 1. The summed E-state index contributed by atoms with van der Waals surface area (Å²) >= 11 is 2.61. The number of carbonyl (C=O) groups excluding carboxylic acids is 1. The van der Waals surface area contributed by atoms with E-state index in [4.69, 9.17) is 4.42 Å². The van der Waals surface area contributed by atoms with Gasteiger partial charge in [-0.25, -0.2) is 4.98 Å². The SMILES string of the molecule is C=CCn1c(SCC(=O)Nc2cccc3ccccc23)nc2scc(-c3ccco3)c2c1=O. The maximum absolute atomic E-state index is 13.3. The molecule has 33 heavy (non-hydrogen) atoms. The van der Waals surface area contributed by atoms with E-state index in [0.29, 0.717) is 27.7 Å². The van der Waals surface area contributed by atoms with Gasteiger partial charge in [0.1, 0.15) is 10.6 Å². The average Bonchev–Trinajstić information content (AvgIpc) is 3.50. The third-order valence-electron chi connectivity index (χ3n) is 5.15. The van der Waals surface area contributed by atoms with E-state index >= 15 is 0 Å². The molecule has 0 saturated heterocycles. The van der Waals surface area contributed by atoms with Gasteiger partial charge in [-0.05, 0) is 23.6 Å². The highest BCUT2D eigenvalue weighted by atomic mass is 32.2. The Balaban J connectivity index is 1.42. The lowest BCUT2D eigenvalue weighted by Crippen LogP contribution is -2.23. The number of amides is 1. The molecule has 8 heteroatoms. The minimum absolute atomic E-state index is 0.120. The van der Waals surface area contributed by atoms with Crippen LogP contribution in [0, 0.1) is 0 Å². The van der Waals surface area contributed by atoms with Gasteiger partial charge in [-0.3, -0.25) is 14.2 Å². The van der Waals surface area contributed by atoms with Crippen LogP contribution in [-0.4, -0.2) is 21.2 Å². The highest BCUT2D eigenvalue weighted by molar-refractivity contribution is 7.99. The highest BCUT2D eigenvalue weighted by Gasteiger charge is 2.19. The zero-order valence-electron chi connectivity index (χ0n) is 17.5. The van der Waals surface area contributed by atoms with Gasteiger partial charge >= 0.3 is 0 Å². The van der Waals surface area contributed by atoms with Crippen LogP contribution >= 0.6 is 23.1 Å². The number of allylic oxidation sites excluding steroid dienone is 1. The summed E-state index contributed by atoms with van der Waals surface area (Å²) in [5, 5.41) is 7.88. The molecule has 164 valence electrons. The van der Waals surface area contributed by atoms with Crippen molar-refractivity contribution < 1.29 is 9.21 Å². The number of aromatic nitrogens is 2. The topological polar surface area (TPSA) is 77.1 Å². The number of hydrogen-bond acceptors (Lipinski definition) is 6. The van der Waals surface area contributed by atoms with Gasteiger partial charge in [0, 0.05) is 28.6 Å². The molecule has 3 heterocycles. The number of nitrogens with one attached hydrogen (secondary N) is 1. The number of rotatable bonds is 7. The Kier molecular flexibility index (Phi) is 5.85. The predicted octanol–water partition coefficient (Wildman–Crippen LogP) is 5.79. The summed E-state index contributed by atoms with van der Waals surface area (Å²) in [4.78, 5) is 31.4. The van der Waals surface area contributed by atoms with Crippen molar-refractivity contribution in [2.45, 2.75) is 11.7 Å². The molecule has 5 aromatic rings. The van der Waals surface area contributed by atoms with Gasteiger partial charge in [0.25, 0.3) is 5.56 Å². The molecule has 0 saturated carbocycles. The first kappa shape index (κ1) is 21.2. The molecule has 1 N–H and O–H groups in total. The minimum atomic E-state index is -0.176. The fraction of sp³-hybridized carbons (Fsp3) is 0.0800. The monoisotopic (exact) mass is 473 g/mol. The van der Waals surface area contributed by atoms with Crippen LogP contribution in [0.2, 0.25) is 0 Å². The second-order valence-electron chi connectivity index (χ2n) is 7.27. The molecular weight excluding hydrogens is 454 g/mol. The number of anilines is 1.